The van der Waals surface area contributed by atoms with Gasteiger partial charge in [-0.1, -0.05) is 44.2 Å². The van der Waals surface area contributed by atoms with Crippen molar-refractivity contribution in [1.82, 2.24) is 4.90 Å². The molecule has 1 aliphatic carbocycles. The lowest BCUT2D eigenvalue weighted by molar-refractivity contribution is 0.0662. The van der Waals surface area contributed by atoms with E-state index in [9.17, 15) is 0 Å². The Labute approximate surface area is 147 Å². The van der Waals surface area contributed by atoms with Crippen molar-refractivity contribution in [1.29, 1.82) is 0 Å². The van der Waals surface area contributed by atoms with Crippen molar-refractivity contribution in [3.63, 3.8) is 0 Å². The van der Waals surface area contributed by atoms with Crippen molar-refractivity contribution >= 4 is 11.4 Å². The Morgan fingerprint density at radius 1 is 0.792 bits per heavy atom. The van der Waals surface area contributed by atoms with E-state index in [4.69, 9.17) is 5.73 Å². The fourth-order valence-corrected chi connectivity index (χ4v) is 5.51. The van der Waals surface area contributed by atoms with Crippen LogP contribution in [0.3, 0.4) is 0 Å². The van der Waals surface area contributed by atoms with Crippen LogP contribution in [0.15, 0.2) is 24.3 Å². The summed E-state index contributed by atoms with van der Waals surface area (Å²) in [6.45, 7) is 0. The van der Waals surface area contributed by atoms with Crippen LogP contribution in [-0.2, 0) is 0 Å². The molecule has 1 saturated carbocycles. The molecule has 0 unspecified atom stereocenters. The molecule has 1 aromatic rings. The summed E-state index contributed by atoms with van der Waals surface area (Å²) in [6, 6.07) is 11.3. The van der Waals surface area contributed by atoms with Gasteiger partial charge in [0.1, 0.15) is 0 Å². The van der Waals surface area contributed by atoms with Gasteiger partial charge in [-0.15, -0.1) is 0 Å². The summed E-state index contributed by atoms with van der Waals surface area (Å²) in [4.78, 5) is 2.96. The lowest BCUT2D eigenvalue weighted by Crippen LogP contribution is -2.51. The highest BCUT2D eigenvalue weighted by atomic mass is 15.3. The maximum Gasteiger partial charge on any atom is 0.0576 e. The third-order valence-corrected chi connectivity index (χ3v) is 6.61. The number of hydrogen-bond acceptors (Lipinski definition) is 3. The first-order valence-electron chi connectivity index (χ1n) is 10.2. The Balaban J connectivity index is 1.41. The highest BCUT2D eigenvalue weighted by molar-refractivity contribution is 5.66. The van der Waals surface area contributed by atoms with Crippen LogP contribution in [0, 0.1) is 0 Å². The largest absolute Gasteiger partial charge is 0.397 e. The highest BCUT2D eigenvalue weighted by Crippen LogP contribution is 2.41. The molecule has 1 aromatic carbocycles. The number of rotatable bonds is 3. The highest BCUT2D eigenvalue weighted by Gasteiger charge is 2.43. The summed E-state index contributed by atoms with van der Waals surface area (Å²) in [5.41, 5.74) is 8.13. The summed E-state index contributed by atoms with van der Waals surface area (Å²) >= 11 is 0. The Kier molecular flexibility index (Phi) is 4.98. The first kappa shape index (κ1) is 16.3. The molecule has 3 fully saturated rings. The van der Waals surface area contributed by atoms with Gasteiger partial charge in [0.2, 0.25) is 0 Å². The molecule has 3 N–H and O–H groups in total. The molecule has 0 aromatic heterocycles. The van der Waals surface area contributed by atoms with Crippen LogP contribution in [0.2, 0.25) is 0 Å². The maximum atomic E-state index is 6.13. The number of para-hydroxylation sites is 2. The van der Waals surface area contributed by atoms with Crippen LogP contribution >= 0.6 is 0 Å². The fourth-order valence-electron chi connectivity index (χ4n) is 5.51. The number of nitrogens with one attached hydrogen (secondary N) is 1. The van der Waals surface area contributed by atoms with Crippen molar-refractivity contribution in [3.05, 3.63) is 24.3 Å². The predicted octanol–water partition coefficient (Wildman–Crippen LogP) is 4.79. The molecule has 3 nitrogen and oxygen atoms in total. The summed E-state index contributed by atoms with van der Waals surface area (Å²) in [5, 5.41) is 3.74. The minimum atomic E-state index is 0.594. The van der Waals surface area contributed by atoms with E-state index < -0.39 is 0 Å². The minimum Gasteiger partial charge on any atom is -0.397 e. The first-order chi connectivity index (χ1) is 11.8. The molecule has 24 heavy (non-hydrogen) atoms. The number of nitrogen functional groups attached to an aromatic ring is 1. The van der Waals surface area contributed by atoms with Gasteiger partial charge in [-0.3, -0.25) is 4.90 Å². The summed E-state index contributed by atoms with van der Waals surface area (Å²) in [7, 11) is 0. The third-order valence-electron chi connectivity index (χ3n) is 6.61. The quantitative estimate of drug-likeness (QED) is 0.784. The molecule has 4 rings (SSSR count). The zero-order chi connectivity index (χ0) is 16.4. The summed E-state index contributed by atoms with van der Waals surface area (Å²) in [5.74, 6) is 0. The second kappa shape index (κ2) is 7.35. The van der Waals surface area contributed by atoms with Gasteiger partial charge >= 0.3 is 0 Å². The number of benzene rings is 1. The molecule has 2 aliphatic heterocycles. The molecule has 0 spiro atoms. The molecule has 0 radical (unpaired) electrons. The molecule has 3 heteroatoms. The molecule has 2 saturated heterocycles. The van der Waals surface area contributed by atoms with Crippen molar-refractivity contribution in [3.8, 4) is 0 Å². The SMILES string of the molecule is Nc1ccccc1N[C@@H]1C[C@H]2CC[C@@H](C1)N2C1CCCCCCC1. The van der Waals surface area contributed by atoms with E-state index in [1.165, 1.54) is 70.6 Å². The molecule has 132 valence electrons. The van der Waals surface area contributed by atoms with Gasteiger partial charge < -0.3 is 11.1 Å². The van der Waals surface area contributed by atoms with Crippen LogP contribution in [0.5, 0.6) is 0 Å². The number of nitrogens with zero attached hydrogens (tertiary/aromatic N) is 1. The fraction of sp³-hybridized carbons (Fsp3) is 0.714. The first-order valence-corrected chi connectivity index (χ1v) is 10.2. The lowest BCUT2D eigenvalue weighted by Gasteiger charge is -2.44. The smallest absolute Gasteiger partial charge is 0.0576 e. The normalized spacial score (nSPS) is 32.2. The van der Waals surface area contributed by atoms with E-state index in [0.717, 1.165) is 29.5 Å². The van der Waals surface area contributed by atoms with Crippen LogP contribution in [0.25, 0.3) is 0 Å². The molecule has 3 aliphatic rings. The monoisotopic (exact) mass is 327 g/mol. The van der Waals surface area contributed by atoms with Crippen LogP contribution < -0.4 is 11.1 Å². The number of hydrogen-bond donors (Lipinski definition) is 2. The minimum absolute atomic E-state index is 0.594. The van der Waals surface area contributed by atoms with Crippen LogP contribution in [0.1, 0.15) is 70.6 Å². The van der Waals surface area contributed by atoms with Crippen molar-refractivity contribution < 1.29 is 0 Å². The van der Waals surface area contributed by atoms with E-state index in [0.29, 0.717) is 6.04 Å². The molecular weight excluding hydrogens is 294 g/mol. The standard InChI is InChI=1S/C21H33N3/c22-20-10-6-7-11-21(20)23-16-14-18-12-13-19(15-16)24(18)17-8-4-2-1-3-5-9-17/h6-7,10-11,16-19,23H,1-5,8-9,12-15,22H2/t16-,18-,19+. The zero-order valence-electron chi connectivity index (χ0n) is 14.9. The molecule has 2 heterocycles. The topological polar surface area (TPSA) is 41.3 Å². The van der Waals surface area contributed by atoms with Gasteiger partial charge in [-0.05, 0) is 50.7 Å². The zero-order valence-corrected chi connectivity index (χ0v) is 14.9. The predicted molar refractivity (Wildman–Crippen MR) is 102 cm³/mol. The Hall–Kier alpha value is -1.22. The number of piperidine rings is 1. The average Bonchev–Trinajstić information content (AvgIpc) is 2.81. The second-order valence-corrected chi connectivity index (χ2v) is 8.23. The van der Waals surface area contributed by atoms with E-state index in [-0.39, 0.29) is 0 Å². The number of fused-ring (bicyclic) bond motifs is 2. The van der Waals surface area contributed by atoms with E-state index in [1.54, 1.807) is 0 Å². The van der Waals surface area contributed by atoms with Gasteiger partial charge in [0.15, 0.2) is 0 Å². The molecule has 3 atom stereocenters. The van der Waals surface area contributed by atoms with Crippen molar-refractivity contribution in [2.75, 3.05) is 11.1 Å². The van der Waals surface area contributed by atoms with Gasteiger partial charge in [0.25, 0.3) is 0 Å². The van der Waals surface area contributed by atoms with Gasteiger partial charge in [0, 0.05) is 24.2 Å². The van der Waals surface area contributed by atoms with E-state index in [2.05, 4.69) is 22.3 Å². The van der Waals surface area contributed by atoms with Crippen LogP contribution in [-0.4, -0.2) is 29.1 Å². The van der Waals surface area contributed by atoms with Gasteiger partial charge in [0.05, 0.1) is 11.4 Å². The molecule has 0 amide bonds. The number of anilines is 2. The van der Waals surface area contributed by atoms with Gasteiger partial charge in [-0.2, -0.15) is 0 Å². The van der Waals surface area contributed by atoms with Gasteiger partial charge in [-0.25, -0.2) is 0 Å². The van der Waals surface area contributed by atoms with Crippen molar-refractivity contribution in [2.24, 2.45) is 0 Å². The maximum absolute atomic E-state index is 6.13. The van der Waals surface area contributed by atoms with E-state index >= 15 is 0 Å². The Bertz CT molecular complexity index is 522. The average molecular weight is 328 g/mol. The molecule has 2 bridgehead atoms. The van der Waals surface area contributed by atoms with Crippen molar-refractivity contribution in [2.45, 2.75) is 94.8 Å². The summed E-state index contributed by atoms with van der Waals surface area (Å²) in [6.07, 6.45) is 15.5. The summed E-state index contributed by atoms with van der Waals surface area (Å²) < 4.78 is 0. The Morgan fingerprint density at radius 2 is 1.42 bits per heavy atom. The third kappa shape index (κ3) is 3.42. The Morgan fingerprint density at radius 3 is 2.08 bits per heavy atom. The lowest BCUT2D eigenvalue weighted by atomic mass is 9.90. The second-order valence-electron chi connectivity index (χ2n) is 8.23. The molecular formula is C21H33N3. The van der Waals surface area contributed by atoms with E-state index in [1.807, 2.05) is 12.1 Å². The van der Waals surface area contributed by atoms with Crippen LogP contribution in [0.4, 0.5) is 11.4 Å². The number of nitrogens with two attached hydrogens (primary N) is 1.